The van der Waals surface area contributed by atoms with Gasteiger partial charge in [0, 0.05) is 0 Å². The second kappa shape index (κ2) is 20.3. The molecule has 0 atom stereocenters. The Morgan fingerprint density at radius 3 is 0.492 bits per heavy atom. The van der Waals surface area contributed by atoms with Crippen molar-refractivity contribution in [1.82, 2.24) is 0 Å². The fourth-order valence-corrected chi connectivity index (χ4v) is 50.7. The van der Waals surface area contributed by atoms with Gasteiger partial charge in [-0.1, -0.05) is 0 Å². The van der Waals surface area contributed by atoms with Gasteiger partial charge in [0.2, 0.25) is 0 Å². The Balaban J connectivity index is 2.22. The van der Waals surface area contributed by atoms with Crippen LogP contribution in [0.25, 0.3) is 0 Å². The quantitative estimate of drug-likeness (QED) is 0.0632. The second-order valence-corrected chi connectivity index (χ2v) is 39.5. The number of hydrogen-bond acceptors (Lipinski definition) is 0. The third kappa shape index (κ3) is 7.22. The van der Waals surface area contributed by atoms with E-state index in [9.17, 15) is 0 Å². The molecule has 0 aliphatic carbocycles. The molecule has 0 fully saturated rings. The zero-order valence-corrected chi connectivity index (χ0v) is 43.4. The second-order valence-electron chi connectivity index (χ2n) is 17.6. The topological polar surface area (TPSA) is 0 Å². The Labute approximate surface area is 379 Å². The normalized spacial score (nSPS) is 13.1. The van der Waals surface area contributed by atoms with E-state index in [0.717, 1.165) is 0 Å². The minimum absolute atomic E-state index is 0.208. The van der Waals surface area contributed by atoms with Crippen LogP contribution in [0.2, 0.25) is 54.4 Å². The summed E-state index contributed by atoms with van der Waals surface area (Å²) in [6.07, 6.45) is 0. The van der Waals surface area contributed by atoms with Gasteiger partial charge in [0.1, 0.15) is 0 Å². The van der Waals surface area contributed by atoms with Crippen LogP contribution in [0.1, 0.15) is 95.7 Å². The molecular formula is C57H75CrSi3. The van der Waals surface area contributed by atoms with Gasteiger partial charge in [0.15, 0.2) is 0 Å². The molecule has 0 aromatic heterocycles. The first kappa shape index (κ1) is 47.0. The van der Waals surface area contributed by atoms with E-state index in [0.29, 0.717) is 0 Å². The van der Waals surface area contributed by atoms with E-state index >= 15 is 0 Å². The summed E-state index contributed by atoms with van der Waals surface area (Å²) in [6.45, 7) is 23.6. The Bertz CT molecular complexity index is 1780. The molecule has 61 heavy (non-hydrogen) atoms. The van der Waals surface area contributed by atoms with Crippen LogP contribution in [-0.4, -0.2) is 24.2 Å². The molecular weight excluding hydrogens is 821 g/mol. The first-order chi connectivity index (χ1) is 29.8. The molecule has 0 nitrogen and oxygen atoms in total. The monoisotopic (exact) mass is 895 g/mol. The predicted molar refractivity (Wildman–Crippen MR) is 273 cm³/mol. The van der Waals surface area contributed by atoms with E-state index in [2.05, 4.69) is 244 Å². The summed E-state index contributed by atoms with van der Waals surface area (Å²) >= 11 is -2.41. The summed E-state index contributed by atoms with van der Waals surface area (Å²) < 4.78 is -0.623. The maximum absolute atomic E-state index is 2.63. The predicted octanol–water partition coefficient (Wildman–Crippen LogP) is 16.6. The standard InChI is InChI=1S/3C19H25Si.Cr/c3*1-4-20(5-2,6-3)19(17-13-9-7-10-14-17)18-15-11-8-12-16-18;/h3*7-16H,4-6H2,1-3H3;. The van der Waals surface area contributed by atoms with Crippen molar-refractivity contribution in [3.8, 4) is 0 Å². The fourth-order valence-electron chi connectivity index (χ4n) is 12.9. The molecule has 0 radical (unpaired) electrons. The Morgan fingerprint density at radius 1 is 0.246 bits per heavy atom. The van der Waals surface area contributed by atoms with Crippen LogP contribution < -0.4 is 0 Å². The molecule has 0 saturated carbocycles. The van der Waals surface area contributed by atoms with Crippen LogP contribution in [-0.2, 0) is 25.8 Å². The van der Waals surface area contributed by atoms with Crippen molar-refractivity contribution in [3.05, 3.63) is 215 Å². The number of rotatable bonds is 21. The van der Waals surface area contributed by atoms with Crippen molar-refractivity contribution in [1.29, 1.82) is 0 Å². The molecule has 6 aromatic rings. The van der Waals surface area contributed by atoms with E-state index in [-0.39, 0.29) is 11.7 Å². The Morgan fingerprint density at radius 2 is 0.377 bits per heavy atom. The van der Waals surface area contributed by atoms with Crippen LogP contribution >= 0.6 is 0 Å². The molecule has 321 valence electrons. The summed E-state index contributed by atoms with van der Waals surface area (Å²) in [5, 5.41) is 0. The van der Waals surface area contributed by atoms with Gasteiger partial charge in [-0.3, -0.25) is 0 Å². The average molecular weight is 896 g/mol. The summed E-state index contributed by atoms with van der Waals surface area (Å²) in [4.78, 5) is 0. The van der Waals surface area contributed by atoms with Gasteiger partial charge in [0.05, 0.1) is 0 Å². The zero-order valence-electron chi connectivity index (χ0n) is 39.1. The molecule has 0 spiro atoms. The van der Waals surface area contributed by atoms with Crippen molar-refractivity contribution in [2.45, 2.75) is 128 Å². The van der Waals surface area contributed by atoms with E-state index < -0.39 is 38.4 Å². The van der Waals surface area contributed by atoms with E-state index in [1.807, 2.05) is 0 Å². The summed E-state index contributed by atoms with van der Waals surface area (Å²) in [6, 6.07) is 85.3. The average Bonchev–Trinajstić information content (AvgIpc) is 3.35. The first-order valence-electron chi connectivity index (χ1n) is 23.9. The maximum atomic E-state index is 2.63. The number of hydrogen-bond donors (Lipinski definition) is 0. The Kier molecular flexibility index (Phi) is 15.7. The summed E-state index contributed by atoms with van der Waals surface area (Å²) in [5.41, 5.74) is 9.55. The third-order valence-electron chi connectivity index (χ3n) is 16.3. The molecule has 0 heterocycles. The van der Waals surface area contributed by atoms with Crippen LogP contribution in [0.5, 0.6) is 0 Å². The van der Waals surface area contributed by atoms with Gasteiger partial charge >= 0.3 is 382 Å². The fraction of sp³-hybridized carbons (Fsp3) is 0.368. The van der Waals surface area contributed by atoms with Gasteiger partial charge in [-0.05, 0) is 0 Å². The molecule has 0 aliphatic rings. The molecule has 0 aliphatic heterocycles. The van der Waals surface area contributed by atoms with Gasteiger partial charge in [-0.2, -0.15) is 0 Å². The van der Waals surface area contributed by atoms with E-state index in [4.69, 9.17) is 0 Å². The number of benzene rings is 6. The van der Waals surface area contributed by atoms with Crippen molar-refractivity contribution >= 4 is 24.2 Å². The summed E-state index contributed by atoms with van der Waals surface area (Å²) in [5.74, 6) is 0. The van der Waals surface area contributed by atoms with E-state index in [1.165, 1.54) is 54.4 Å². The van der Waals surface area contributed by atoms with Crippen LogP contribution in [0.15, 0.2) is 182 Å². The van der Waals surface area contributed by atoms with Gasteiger partial charge in [-0.25, -0.2) is 0 Å². The van der Waals surface area contributed by atoms with Gasteiger partial charge < -0.3 is 0 Å². The van der Waals surface area contributed by atoms with Crippen molar-refractivity contribution in [2.75, 3.05) is 0 Å². The molecule has 0 saturated heterocycles. The van der Waals surface area contributed by atoms with Crippen LogP contribution in [0.4, 0.5) is 0 Å². The minimum atomic E-state index is -2.43. The molecule has 4 heteroatoms. The van der Waals surface area contributed by atoms with Gasteiger partial charge in [0.25, 0.3) is 0 Å². The van der Waals surface area contributed by atoms with Crippen LogP contribution in [0.3, 0.4) is 0 Å². The molecule has 0 bridgehead atoms. The zero-order chi connectivity index (χ0) is 43.6. The van der Waals surface area contributed by atoms with Crippen molar-refractivity contribution in [2.24, 2.45) is 0 Å². The molecule has 0 amide bonds. The molecule has 0 unspecified atom stereocenters. The van der Waals surface area contributed by atoms with Crippen molar-refractivity contribution in [3.63, 3.8) is 0 Å². The van der Waals surface area contributed by atoms with E-state index in [1.54, 1.807) is 33.4 Å². The third-order valence-corrected chi connectivity index (χ3v) is 48.4. The van der Waals surface area contributed by atoms with Gasteiger partial charge in [-0.15, -0.1) is 0 Å². The van der Waals surface area contributed by atoms with Crippen LogP contribution in [0, 0.1) is 0 Å². The van der Waals surface area contributed by atoms with Crippen molar-refractivity contribution < 1.29 is 14.1 Å². The Hall–Kier alpha value is -3.50. The molecule has 0 N–H and O–H groups in total. The molecule has 6 aromatic carbocycles. The first-order valence-corrected chi connectivity index (χ1v) is 33.6. The molecule has 6 rings (SSSR count). The summed E-state index contributed by atoms with van der Waals surface area (Å²) in [7, 11) is -7.28. The SMILES string of the molecule is CC[Si](CC)(CC)[C](c1ccccc1)(c1ccccc1)[Cr]([C](c1ccccc1)(c1ccccc1)[Si](CC)(CC)CC)[C](c1ccccc1)(c1ccccc1)[Si](CC)(CC)CC.